The molecule has 2 aromatic rings. The summed E-state index contributed by atoms with van der Waals surface area (Å²) in [5.74, 6) is -0.652. The number of benzene rings is 2. The Morgan fingerprint density at radius 2 is 1.59 bits per heavy atom. The van der Waals surface area contributed by atoms with Gasteiger partial charge in [0.25, 0.3) is 5.91 Å². The van der Waals surface area contributed by atoms with E-state index in [0.717, 1.165) is 11.6 Å². The molecule has 0 atom stereocenters. The molecular formula is C16H11BrF3NO. The van der Waals surface area contributed by atoms with E-state index in [9.17, 15) is 18.0 Å². The SMILES string of the molecule is O=C(Nc1ccccc1C(F)(F)F)/C(Br)=C\c1ccccc1. The molecule has 0 unspecified atom stereocenters. The second kappa shape index (κ2) is 6.79. The number of carbonyl (C=O) groups excluding carboxylic acids is 1. The molecular weight excluding hydrogens is 359 g/mol. The third-order valence-corrected chi connectivity index (χ3v) is 3.38. The fraction of sp³-hybridized carbons (Fsp3) is 0.0625. The van der Waals surface area contributed by atoms with Crippen molar-refractivity contribution >= 4 is 33.6 Å². The monoisotopic (exact) mass is 369 g/mol. The first-order chi connectivity index (χ1) is 10.4. The largest absolute Gasteiger partial charge is 0.418 e. The number of halogens is 4. The van der Waals surface area contributed by atoms with E-state index < -0.39 is 17.6 Å². The molecule has 2 aromatic carbocycles. The maximum Gasteiger partial charge on any atom is 0.418 e. The Morgan fingerprint density at radius 1 is 1.00 bits per heavy atom. The van der Waals surface area contributed by atoms with Gasteiger partial charge in [0, 0.05) is 0 Å². The van der Waals surface area contributed by atoms with Gasteiger partial charge < -0.3 is 5.32 Å². The highest BCUT2D eigenvalue weighted by molar-refractivity contribution is 9.12. The van der Waals surface area contributed by atoms with Crippen LogP contribution in [0.4, 0.5) is 18.9 Å². The summed E-state index contributed by atoms with van der Waals surface area (Å²) in [5, 5.41) is 2.26. The highest BCUT2D eigenvalue weighted by Crippen LogP contribution is 2.34. The standard InChI is InChI=1S/C16H11BrF3NO/c17-13(10-11-6-2-1-3-7-11)15(22)21-14-9-5-4-8-12(14)16(18,19)20/h1-10H,(H,21,22)/b13-10+. The summed E-state index contributed by atoms with van der Waals surface area (Å²) in [6.07, 6.45) is -3.00. The van der Waals surface area contributed by atoms with Crippen LogP contribution in [-0.4, -0.2) is 5.91 Å². The number of hydrogen-bond donors (Lipinski definition) is 1. The lowest BCUT2D eigenvalue weighted by Gasteiger charge is -2.13. The van der Waals surface area contributed by atoms with Crippen molar-refractivity contribution in [1.82, 2.24) is 0 Å². The molecule has 0 aliphatic carbocycles. The van der Waals surface area contributed by atoms with Crippen LogP contribution in [0.15, 0.2) is 59.1 Å². The van der Waals surface area contributed by atoms with Gasteiger partial charge in [0.15, 0.2) is 0 Å². The van der Waals surface area contributed by atoms with Gasteiger partial charge in [-0.15, -0.1) is 0 Å². The molecule has 0 heterocycles. The van der Waals surface area contributed by atoms with E-state index in [4.69, 9.17) is 0 Å². The molecule has 22 heavy (non-hydrogen) atoms. The van der Waals surface area contributed by atoms with Crippen LogP contribution in [-0.2, 0) is 11.0 Å². The van der Waals surface area contributed by atoms with Gasteiger partial charge >= 0.3 is 6.18 Å². The maximum absolute atomic E-state index is 12.9. The van der Waals surface area contributed by atoms with Gasteiger partial charge in [-0.2, -0.15) is 13.2 Å². The normalized spacial score (nSPS) is 12.1. The number of anilines is 1. The fourth-order valence-corrected chi connectivity index (χ4v) is 2.15. The molecule has 0 saturated carbocycles. The van der Waals surface area contributed by atoms with Crippen molar-refractivity contribution < 1.29 is 18.0 Å². The lowest BCUT2D eigenvalue weighted by molar-refractivity contribution is -0.136. The van der Waals surface area contributed by atoms with Crippen molar-refractivity contribution in [3.63, 3.8) is 0 Å². The van der Waals surface area contributed by atoms with E-state index in [1.807, 2.05) is 6.07 Å². The topological polar surface area (TPSA) is 29.1 Å². The Hall–Kier alpha value is -2.08. The van der Waals surface area contributed by atoms with Gasteiger partial charge in [0.05, 0.1) is 15.7 Å². The Kier molecular flexibility index (Phi) is 5.03. The van der Waals surface area contributed by atoms with E-state index in [-0.39, 0.29) is 10.2 Å². The second-order valence-electron chi connectivity index (χ2n) is 4.40. The van der Waals surface area contributed by atoms with E-state index >= 15 is 0 Å². The lowest BCUT2D eigenvalue weighted by atomic mass is 10.1. The third-order valence-electron chi connectivity index (χ3n) is 2.79. The minimum atomic E-state index is -4.53. The van der Waals surface area contributed by atoms with Crippen LogP contribution in [0.1, 0.15) is 11.1 Å². The van der Waals surface area contributed by atoms with Crippen LogP contribution in [0.2, 0.25) is 0 Å². The van der Waals surface area contributed by atoms with Crippen LogP contribution in [0.25, 0.3) is 6.08 Å². The lowest BCUT2D eigenvalue weighted by Crippen LogP contribution is -2.16. The summed E-state index contributed by atoms with van der Waals surface area (Å²) < 4.78 is 38.7. The molecule has 0 aromatic heterocycles. The number of carbonyl (C=O) groups is 1. The summed E-state index contributed by atoms with van der Waals surface area (Å²) >= 11 is 3.08. The molecule has 0 saturated heterocycles. The maximum atomic E-state index is 12.9. The Morgan fingerprint density at radius 3 is 2.23 bits per heavy atom. The highest BCUT2D eigenvalue weighted by Gasteiger charge is 2.33. The molecule has 2 nitrogen and oxygen atoms in total. The smallest absolute Gasteiger partial charge is 0.321 e. The van der Waals surface area contributed by atoms with Gasteiger partial charge in [-0.25, -0.2) is 0 Å². The van der Waals surface area contributed by atoms with Gasteiger partial charge in [0.2, 0.25) is 0 Å². The molecule has 0 radical (unpaired) electrons. The summed E-state index contributed by atoms with van der Waals surface area (Å²) in [4.78, 5) is 12.0. The Balaban J connectivity index is 2.21. The molecule has 114 valence electrons. The molecule has 1 N–H and O–H groups in total. The first kappa shape index (κ1) is 16.3. The van der Waals surface area contributed by atoms with E-state index in [1.165, 1.54) is 24.3 Å². The number of amides is 1. The molecule has 0 spiro atoms. The minimum Gasteiger partial charge on any atom is -0.321 e. The van der Waals surface area contributed by atoms with Crippen molar-refractivity contribution in [1.29, 1.82) is 0 Å². The summed E-state index contributed by atoms with van der Waals surface area (Å²) in [6.45, 7) is 0. The quantitative estimate of drug-likeness (QED) is 0.751. The summed E-state index contributed by atoms with van der Waals surface area (Å²) in [7, 11) is 0. The average molecular weight is 370 g/mol. The predicted octanol–water partition coefficient (Wildman–Crippen LogP) is 5.08. The zero-order valence-electron chi connectivity index (χ0n) is 11.2. The second-order valence-corrected chi connectivity index (χ2v) is 5.25. The van der Waals surface area contributed by atoms with Crippen LogP contribution >= 0.6 is 15.9 Å². The van der Waals surface area contributed by atoms with Gasteiger partial charge in [-0.3, -0.25) is 4.79 Å². The van der Waals surface area contributed by atoms with Crippen molar-refractivity contribution in [3.05, 3.63) is 70.2 Å². The molecule has 6 heteroatoms. The van der Waals surface area contributed by atoms with Gasteiger partial charge in [-0.05, 0) is 39.7 Å². The van der Waals surface area contributed by atoms with Crippen molar-refractivity contribution in [2.75, 3.05) is 5.32 Å². The molecule has 0 aliphatic rings. The van der Waals surface area contributed by atoms with Crippen LogP contribution in [0, 0.1) is 0 Å². The van der Waals surface area contributed by atoms with Crippen LogP contribution in [0.5, 0.6) is 0 Å². The molecule has 1 amide bonds. The summed E-state index contributed by atoms with van der Waals surface area (Å²) in [6, 6.07) is 13.8. The zero-order valence-corrected chi connectivity index (χ0v) is 12.8. The van der Waals surface area contributed by atoms with E-state index in [2.05, 4.69) is 21.2 Å². The van der Waals surface area contributed by atoms with Gasteiger partial charge in [0.1, 0.15) is 0 Å². The number of hydrogen-bond acceptors (Lipinski definition) is 1. The fourth-order valence-electron chi connectivity index (χ4n) is 1.78. The van der Waals surface area contributed by atoms with Crippen molar-refractivity contribution in [3.8, 4) is 0 Å². The first-order valence-corrected chi connectivity index (χ1v) is 7.07. The van der Waals surface area contributed by atoms with Gasteiger partial charge in [-0.1, -0.05) is 42.5 Å². The number of para-hydroxylation sites is 1. The van der Waals surface area contributed by atoms with Crippen LogP contribution < -0.4 is 5.32 Å². The number of nitrogens with one attached hydrogen (secondary N) is 1. The minimum absolute atomic E-state index is 0.135. The predicted molar refractivity (Wildman–Crippen MR) is 83.4 cm³/mol. The first-order valence-electron chi connectivity index (χ1n) is 6.28. The van der Waals surface area contributed by atoms with E-state index in [1.54, 1.807) is 24.3 Å². The summed E-state index contributed by atoms with van der Waals surface area (Å²) in [5.41, 5.74) is -0.407. The molecule has 0 aliphatic heterocycles. The Bertz CT molecular complexity index is 696. The molecule has 0 fully saturated rings. The molecule has 0 bridgehead atoms. The molecule has 2 rings (SSSR count). The van der Waals surface area contributed by atoms with Crippen LogP contribution in [0.3, 0.4) is 0 Å². The Labute approximate surface area is 133 Å². The number of alkyl halides is 3. The zero-order chi connectivity index (χ0) is 16.2. The van der Waals surface area contributed by atoms with Crippen molar-refractivity contribution in [2.24, 2.45) is 0 Å². The van der Waals surface area contributed by atoms with E-state index in [0.29, 0.717) is 0 Å². The van der Waals surface area contributed by atoms with Crippen molar-refractivity contribution in [2.45, 2.75) is 6.18 Å². The highest BCUT2D eigenvalue weighted by atomic mass is 79.9. The average Bonchev–Trinajstić information content (AvgIpc) is 2.47. The number of rotatable bonds is 3. The third kappa shape index (κ3) is 4.21.